The predicted molar refractivity (Wildman–Crippen MR) is 69.5 cm³/mol. The van der Waals surface area contributed by atoms with Gasteiger partial charge in [-0.25, -0.2) is 0 Å². The van der Waals surface area contributed by atoms with E-state index in [4.69, 9.17) is 10.8 Å². The van der Waals surface area contributed by atoms with Crippen molar-refractivity contribution in [3.05, 3.63) is 33.9 Å². The Morgan fingerprint density at radius 3 is 2.94 bits per heavy atom. The Labute approximate surface area is 103 Å². The minimum Gasteiger partial charge on any atom is -0.395 e. The van der Waals surface area contributed by atoms with Gasteiger partial charge in [-0.15, -0.1) is 0 Å². The highest BCUT2D eigenvalue weighted by Gasteiger charge is 2.11. The second-order valence-corrected chi connectivity index (χ2v) is 4.93. The molecule has 2 aromatic rings. The van der Waals surface area contributed by atoms with E-state index in [1.165, 1.54) is 10.9 Å². The van der Waals surface area contributed by atoms with Crippen LogP contribution in [0.1, 0.15) is 11.1 Å². The minimum atomic E-state index is -0.202. The summed E-state index contributed by atoms with van der Waals surface area (Å²) in [5.74, 6) is 0. The number of hydrogen-bond donors (Lipinski definition) is 3. The lowest BCUT2D eigenvalue weighted by Gasteiger charge is -2.07. The number of aromatic amines is 1. The monoisotopic (exact) mass is 282 g/mol. The lowest BCUT2D eigenvalue weighted by Crippen LogP contribution is -2.26. The third kappa shape index (κ3) is 2.00. The number of fused-ring (bicyclic) bond motifs is 1. The van der Waals surface area contributed by atoms with Gasteiger partial charge in [0.25, 0.3) is 0 Å². The lowest BCUT2D eigenvalue weighted by molar-refractivity contribution is 0.265. The lowest BCUT2D eigenvalue weighted by atomic mass is 10.0. The number of hydrogen-bond acceptors (Lipinski definition) is 2. The van der Waals surface area contributed by atoms with Crippen molar-refractivity contribution >= 4 is 26.8 Å². The largest absolute Gasteiger partial charge is 0.395 e. The van der Waals surface area contributed by atoms with Crippen molar-refractivity contribution in [2.45, 2.75) is 19.4 Å². The van der Waals surface area contributed by atoms with Gasteiger partial charge < -0.3 is 15.8 Å². The number of halogens is 1. The first-order chi connectivity index (χ1) is 7.63. The Morgan fingerprint density at radius 1 is 1.50 bits per heavy atom. The van der Waals surface area contributed by atoms with Crippen LogP contribution in [0.2, 0.25) is 0 Å². The average molecular weight is 283 g/mol. The number of benzene rings is 1. The van der Waals surface area contributed by atoms with Crippen molar-refractivity contribution in [1.82, 2.24) is 4.98 Å². The predicted octanol–water partition coefficient (Wildman–Crippen LogP) is 2.10. The smallest absolute Gasteiger partial charge is 0.0585 e. The third-order valence-electron chi connectivity index (χ3n) is 2.79. The molecule has 1 atom stereocenters. The molecule has 86 valence electrons. The highest BCUT2D eigenvalue weighted by Crippen LogP contribution is 2.29. The molecule has 4 heteroatoms. The third-order valence-corrected chi connectivity index (χ3v) is 3.45. The molecule has 16 heavy (non-hydrogen) atoms. The van der Waals surface area contributed by atoms with Crippen LogP contribution in [-0.4, -0.2) is 22.7 Å². The quantitative estimate of drug-likeness (QED) is 0.807. The molecule has 0 aliphatic carbocycles. The maximum Gasteiger partial charge on any atom is 0.0585 e. The molecule has 0 spiro atoms. The molecular weight excluding hydrogens is 268 g/mol. The molecular formula is C12H15BrN2O. The zero-order chi connectivity index (χ0) is 11.7. The van der Waals surface area contributed by atoms with Gasteiger partial charge in [0.2, 0.25) is 0 Å². The molecule has 4 N–H and O–H groups in total. The van der Waals surface area contributed by atoms with E-state index in [0.29, 0.717) is 6.42 Å². The summed E-state index contributed by atoms with van der Waals surface area (Å²) in [6.07, 6.45) is 2.65. The summed E-state index contributed by atoms with van der Waals surface area (Å²) in [5.41, 5.74) is 9.25. The van der Waals surface area contributed by atoms with E-state index in [-0.39, 0.29) is 12.6 Å². The van der Waals surface area contributed by atoms with Gasteiger partial charge in [-0.1, -0.05) is 22.0 Å². The standard InChI is InChI=1S/C12H15BrN2O/c1-7-2-3-10(13)11-8(4-9(14)6-16)5-15-12(7)11/h2-3,5,9,15-16H,4,6,14H2,1H3/t9-/m1/s1. The summed E-state index contributed by atoms with van der Waals surface area (Å²) in [7, 11) is 0. The average Bonchev–Trinajstić information content (AvgIpc) is 2.68. The van der Waals surface area contributed by atoms with Gasteiger partial charge in [0.1, 0.15) is 0 Å². The molecule has 0 saturated carbocycles. The van der Waals surface area contributed by atoms with Gasteiger partial charge in [-0.05, 0) is 30.5 Å². The van der Waals surface area contributed by atoms with Gasteiger partial charge in [-0.3, -0.25) is 0 Å². The summed E-state index contributed by atoms with van der Waals surface area (Å²) >= 11 is 3.55. The van der Waals surface area contributed by atoms with Crippen molar-refractivity contribution in [3.8, 4) is 0 Å². The van der Waals surface area contributed by atoms with Gasteiger partial charge in [-0.2, -0.15) is 0 Å². The normalized spacial score (nSPS) is 13.2. The molecule has 0 aliphatic heterocycles. The van der Waals surface area contributed by atoms with Crippen LogP contribution in [0.4, 0.5) is 0 Å². The topological polar surface area (TPSA) is 62.0 Å². The van der Waals surface area contributed by atoms with Crippen molar-refractivity contribution in [3.63, 3.8) is 0 Å². The number of nitrogens with one attached hydrogen (secondary N) is 1. The highest BCUT2D eigenvalue weighted by molar-refractivity contribution is 9.10. The molecule has 0 aliphatic rings. The summed E-state index contributed by atoms with van der Waals surface area (Å²) in [4.78, 5) is 3.26. The van der Waals surface area contributed by atoms with Crippen molar-refractivity contribution in [2.24, 2.45) is 5.73 Å². The highest BCUT2D eigenvalue weighted by atomic mass is 79.9. The summed E-state index contributed by atoms with van der Waals surface area (Å²) in [5, 5.41) is 10.2. The fourth-order valence-corrected chi connectivity index (χ4v) is 2.51. The Bertz CT molecular complexity index is 507. The van der Waals surface area contributed by atoms with Crippen molar-refractivity contribution in [1.29, 1.82) is 0 Å². The maximum atomic E-state index is 8.98. The van der Waals surface area contributed by atoms with E-state index in [2.05, 4.69) is 33.9 Å². The zero-order valence-electron chi connectivity index (χ0n) is 9.13. The second kappa shape index (κ2) is 4.57. The Balaban J connectivity index is 2.51. The summed E-state index contributed by atoms with van der Waals surface area (Å²) < 4.78 is 1.06. The minimum absolute atomic E-state index is 0.0100. The molecule has 0 unspecified atom stereocenters. The van der Waals surface area contributed by atoms with Crippen molar-refractivity contribution < 1.29 is 5.11 Å². The number of aliphatic hydroxyl groups excluding tert-OH is 1. The first-order valence-corrected chi connectivity index (χ1v) is 6.04. The first kappa shape index (κ1) is 11.6. The molecule has 0 bridgehead atoms. The second-order valence-electron chi connectivity index (χ2n) is 4.07. The van der Waals surface area contributed by atoms with E-state index in [0.717, 1.165) is 15.6 Å². The van der Waals surface area contributed by atoms with Crippen LogP contribution in [0.25, 0.3) is 10.9 Å². The number of aryl methyl sites for hydroxylation is 1. The van der Waals surface area contributed by atoms with Crippen LogP contribution in [-0.2, 0) is 6.42 Å². The molecule has 1 heterocycles. The van der Waals surface area contributed by atoms with Gasteiger partial charge in [0.15, 0.2) is 0 Å². The Kier molecular flexibility index (Phi) is 3.33. The van der Waals surface area contributed by atoms with E-state index in [1.54, 1.807) is 0 Å². The van der Waals surface area contributed by atoms with E-state index >= 15 is 0 Å². The van der Waals surface area contributed by atoms with Gasteiger partial charge in [0, 0.05) is 27.6 Å². The summed E-state index contributed by atoms with van der Waals surface area (Å²) in [6.45, 7) is 2.08. The van der Waals surface area contributed by atoms with Crippen LogP contribution in [0.3, 0.4) is 0 Å². The van der Waals surface area contributed by atoms with Crippen LogP contribution >= 0.6 is 15.9 Å². The first-order valence-electron chi connectivity index (χ1n) is 5.25. The van der Waals surface area contributed by atoms with Crippen LogP contribution in [0.5, 0.6) is 0 Å². The molecule has 0 amide bonds. The van der Waals surface area contributed by atoms with Gasteiger partial charge in [0.05, 0.1) is 6.61 Å². The number of aromatic nitrogens is 1. The number of aliphatic hydroxyl groups is 1. The fraction of sp³-hybridized carbons (Fsp3) is 0.333. The number of H-pyrrole nitrogens is 1. The van der Waals surface area contributed by atoms with Gasteiger partial charge >= 0.3 is 0 Å². The Morgan fingerprint density at radius 2 is 2.25 bits per heavy atom. The van der Waals surface area contributed by atoms with E-state index < -0.39 is 0 Å². The SMILES string of the molecule is Cc1ccc(Br)c2c(C[C@@H](N)CO)c[nH]c12. The molecule has 0 fully saturated rings. The Hall–Kier alpha value is -0.840. The fourth-order valence-electron chi connectivity index (χ4n) is 1.92. The summed E-state index contributed by atoms with van der Waals surface area (Å²) in [6, 6.07) is 3.91. The maximum absolute atomic E-state index is 8.98. The van der Waals surface area contributed by atoms with Crippen LogP contribution in [0, 0.1) is 6.92 Å². The molecule has 0 saturated heterocycles. The molecule has 3 nitrogen and oxygen atoms in total. The zero-order valence-corrected chi connectivity index (χ0v) is 10.7. The molecule has 1 aromatic carbocycles. The number of nitrogens with two attached hydrogens (primary N) is 1. The van der Waals surface area contributed by atoms with E-state index in [9.17, 15) is 0 Å². The number of rotatable bonds is 3. The van der Waals surface area contributed by atoms with Crippen LogP contribution < -0.4 is 5.73 Å². The molecule has 1 aromatic heterocycles. The van der Waals surface area contributed by atoms with E-state index in [1.807, 2.05) is 12.3 Å². The molecule has 0 radical (unpaired) electrons. The molecule has 2 rings (SSSR count). The van der Waals surface area contributed by atoms with Crippen molar-refractivity contribution in [2.75, 3.05) is 6.61 Å². The van der Waals surface area contributed by atoms with Crippen LogP contribution in [0.15, 0.2) is 22.8 Å².